The van der Waals surface area contributed by atoms with Gasteiger partial charge in [-0.1, -0.05) is 18.2 Å². The summed E-state index contributed by atoms with van der Waals surface area (Å²) < 4.78 is 0. The molecule has 0 aromatic heterocycles. The highest BCUT2D eigenvalue weighted by Gasteiger charge is 2.32. The molecule has 0 fully saturated rings. The maximum atomic E-state index is 4.52. The molecule has 1 atom stereocenters. The summed E-state index contributed by atoms with van der Waals surface area (Å²) in [6.07, 6.45) is 4.52. The van der Waals surface area contributed by atoms with E-state index in [-0.39, 0.29) is 0 Å². The van der Waals surface area contributed by atoms with Gasteiger partial charge in [-0.15, -0.1) is 0 Å². The molecule has 3 rings (SSSR count). The maximum Gasteiger partial charge on any atom is 0.154 e. The van der Waals surface area contributed by atoms with Crippen molar-refractivity contribution in [3.63, 3.8) is 0 Å². The Kier molecular flexibility index (Phi) is 1.84. The van der Waals surface area contributed by atoms with Crippen molar-refractivity contribution in [2.75, 3.05) is 11.9 Å². The first-order valence-corrected chi connectivity index (χ1v) is 5.57. The van der Waals surface area contributed by atoms with Crippen molar-refractivity contribution >= 4 is 17.6 Å². The van der Waals surface area contributed by atoms with E-state index in [0.717, 1.165) is 5.84 Å². The summed E-state index contributed by atoms with van der Waals surface area (Å²) in [5.41, 5.74) is 3.87. The standard InChI is InChI=1S/C13H15N3/c1-9-5-4-6-11-7-8-12-14-15(3)10(2)16(12)13(9)11/h4-8,10H,1-3H3/t10-/m1/s1. The Hall–Kier alpha value is -1.77. The van der Waals surface area contributed by atoms with Gasteiger partial charge in [0.1, 0.15) is 6.17 Å². The number of hydrazone groups is 1. The van der Waals surface area contributed by atoms with E-state index in [1.165, 1.54) is 16.8 Å². The van der Waals surface area contributed by atoms with Crippen LogP contribution in [0.5, 0.6) is 0 Å². The summed E-state index contributed by atoms with van der Waals surface area (Å²) in [6, 6.07) is 6.41. The number of fused-ring (bicyclic) bond motifs is 3. The van der Waals surface area contributed by atoms with Crippen LogP contribution >= 0.6 is 0 Å². The molecule has 2 aliphatic heterocycles. The quantitative estimate of drug-likeness (QED) is 0.659. The van der Waals surface area contributed by atoms with Gasteiger partial charge in [0.15, 0.2) is 5.84 Å². The van der Waals surface area contributed by atoms with Crippen molar-refractivity contribution in [3.05, 3.63) is 35.4 Å². The molecule has 1 aromatic carbocycles. The number of para-hydroxylation sites is 1. The lowest BCUT2D eigenvalue weighted by Gasteiger charge is -2.31. The lowest BCUT2D eigenvalue weighted by molar-refractivity contribution is 0.304. The number of benzene rings is 1. The van der Waals surface area contributed by atoms with Gasteiger partial charge >= 0.3 is 0 Å². The van der Waals surface area contributed by atoms with Gasteiger partial charge in [0.25, 0.3) is 0 Å². The molecule has 2 aliphatic rings. The Balaban J connectivity index is 2.21. The summed E-state index contributed by atoms with van der Waals surface area (Å²) in [4.78, 5) is 2.30. The van der Waals surface area contributed by atoms with Gasteiger partial charge in [-0.2, -0.15) is 5.10 Å². The van der Waals surface area contributed by atoms with Gasteiger partial charge in [-0.05, 0) is 37.1 Å². The molecule has 0 N–H and O–H groups in total. The molecule has 3 nitrogen and oxygen atoms in total. The largest absolute Gasteiger partial charge is 0.302 e. The smallest absolute Gasteiger partial charge is 0.154 e. The molecular weight excluding hydrogens is 198 g/mol. The van der Waals surface area contributed by atoms with Gasteiger partial charge in [-0.3, -0.25) is 5.01 Å². The molecule has 0 aliphatic carbocycles. The first-order valence-electron chi connectivity index (χ1n) is 5.57. The van der Waals surface area contributed by atoms with Crippen LogP contribution in [0.4, 0.5) is 5.69 Å². The molecule has 3 heteroatoms. The van der Waals surface area contributed by atoms with Gasteiger partial charge in [-0.25, -0.2) is 0 Å². The number of rotatable bonds is 0. The summed E-state index contributed by atoms with van der Waals surface area (Å²) >= 11 is 0. The average Bonchev–Trinajstić information content (AvgIpc) is 2.56. The molecule has 82 valence electrons. The third kappa shape index (κ3) is 1.11. The molecule has 16 heavy (non-hydrogen) atoms. The van der Waals surface area contributed by atoms with Crippen LogP contribution in [0.25, 0.3) is 6.08 Å². The lowest BCUT2D eigenvalue weighted by atomic mass is 10.0. The number of hydrogen-bond donors (Lipinski definition) is 0. The van der Waals surface area contributed by atoms with Crippen molar-refractivity contribution in [2.45, 2.75) is 20.0 Å². The summed E-state index contributed by atoms with van der Waals surface area (Å²) in [7, 11) is 2.02. The first-order chi connectivity index (χ1) is 7.68. The Morgan fingerprint density at radius 2 is 2.06 bits per heavy atom. The summed E-state index contributed by atoms with van der Waals surface area (Å²) in [5.74, 6) is 1.04. The van der Waals surface area contributed by atoms with Crippen LogP contribution in [-0.2, 0) is 0 Å². The van der Waals surface area contributed by atoms with Crippen LogP contribution in [-0.4, -0.2) is 24.1 Å². The second-order valence-corrected chi connectivity index (χ2v) is 4.38. The zero-order valence-corrected chi connectivity index (χ0v) is 9.81. The Labute approximate surface area is 95.7 Å². The first kappa shape index (κ1) is 9.46. The zero-order chi connectivity index (χ0) is 11.3. The van der Waals surface area contributed by atoms with Gasteiger partial charge in [0.2, 0.25) is 0 Å². The summed E-state index contributed by atoms with van der Waals surface area (Å²) in [5, 5.41) is 6.52. The van der Waals surface area contributed by atoms with Crippen LogP contribution < -0.4 is 4.90 Å². The Bertz CT molecular complexity index is 502. The third-order valence-electron chi connectivity index (χ3n) is 3.34. The molecule has 0 amide bonds. The minimum atomic E-state index is 0.291. The van der Waals surface area contributed by atoms with Crippen LogP contribution in [0.15, 0.2) is 29.4 Å². The normalized spacial score (nSPS) is 21.9. The number of hydrogen-bond acceptors (Lipinski definition) is 3. The second-order valence-electron chi connectivity index (χ2n) is 4.38. The zero-order valence-electron chi connectivity index (χ0n) is 9.81. The molecule has 0 unspecified atom stereocenters. The fourth-order valence-electron chi connectivity index (χ4n) is 2.38. The maximum absolute atomic E-state index is 4.52. The topological polar surface area (TPSA) is 18.8 Å². The van der Waals surface area contributed by atoms with E-state index in [0.29, 0.717) is 6.17 Å². The lowest BCUT2D eigenvalue weighted by Crippen LogP contribution is -2.39. The van der Waals surface area contributed by atoms with E-state index in [4.69, 9.17) is 0 Å². The number of anilines is 1. The van der Waals surface area contributed by atoms with Crippen LogP contribution in [0.1, 0.15) is 18.1 Å². The number of nitrogens with zero attached hydrogens (tertiary/aromatic N) is 3. The SMILES string of the molecule is Cc1cccc2c1N1C(=NN(C)[C@H]1C)C=C2. The molecular formula is C13H15N3. The number of aryl methyl sites for hydroxylation is 1. The van der Waals surface area contributed by atoms with Gasteiger partial charge in [0, 0.05) is 7.05 Å². The highest BCUT2D eigenvalue weighted by Crippen LogP contribution is 2.34. The van der Waals surface area contributed by atoms with Crippen molar-refractivity contribution in [3.8, 4) is 0 Å². The van der Waals surface area contributed by atoms with Gasteiger partial charge in [0.05, 0.1) is 5.69 Å². The predicted molar refractivity (Wildman–Crippen MR) is 67.4 cm³/mol. The molecule has 0 bridgehead atoms. The van der Waals surface area contributed by atoms with Crippen molar-refractivity contribution in [1.29, 1.82) is 0 Å². The molecule has 0 radical (unpaired) electrons. The van der Waals surface area contributed by atoms with Crippen molar-refractivity contribution in [2.24, 2.45) is 5.10 Å². The van der Waals surface area contributed by atoms with E-state index in [2.05, 4.69) is 54.2 Å². The second kappa shape index (κ2) is 3.11. The fraction of sp³-hybridized carbons (Fsp3) is 0.308. The highest BCUT2D eigenvalue weighted by molar-refractivity contribution is 6.13. The van der Waals surface area contributed by atoms with Crippen LogP contribution in [0.3, 0.4) is 0 Å². The minimum absolute atomic E-state index is 0.291. The Morgan fingerprint density at radius 1 is 1.25 bits per heavy atom. The predicted octanol–water partition coefficient (Wildman–Crippen LogP) is 2.43. The highest BCUT2D eigenvalue weighted by atomic mass is 15.6. The molecule has 0 saturated heterocycles. The number of amidine groups is 1. The summed E-state index contributed by atoms with van der Waals surface area (Å²) in [6.45, 7) is 4.33. The van der Waals surface area contributed by atoms with E-state index >= 15 is 0 Å². The van der Waals surface area contributed by atoms with E-state index in [1.54, 1.807) is 0 Å². The molecule has 1 aromatic rings. The van der Waals surface area contributed by atoms with E-state index < -0.39 is 0 Å². The van der Waals surface area contributed by atoms with E-state index in [1.807, 2.05) is 12.1 Å². The molecule has 2 heterocycles. The molecule has 0 spiro atoms. The monoisotopic (exact) mass is 213 g/mol. The minimum Gasteiger partial charge on any atom is -0.302 e. The van der Waals surface area contributed by atoms with Gasteiger partial charge < -0.3 is 4.90 Å². The molecule has 0 saturated carbocycles. The van der Waals surface area contributed by atoms with Crippen LogP contribution in [0, 0.1) is 6.92 Å². The fourth-order valence-corrected chi connectivity index (χ4v) is 2.38. The van der Waals surface area contributed by atoms with Crippen LogP contribution in [0.2, 0.25) is 0 Å². The van der Waals surface area contributed by atoms with Crippen molar-refractivity contribution < 1.29 is 0 Å². The third-order valence-corrected chi connectivity index (χ3v) is 3.34. The van der Waals surface area contributed by atoms with Crippen molar-refractivity contribution in [1.82, 2.24) is 5.01 Å². The Morgan fingerprint density at radius 3 is 2.88 bits per heavy atom. The average molecular weight is 213 g/mol. The van der Waals surface area contributed by atoms with E-state index in [9.17, 15) is 0 Å².